The van der Waals surface area contributed by atoms with E-state index in [0.29, 0.717) is 4.88 Å². The van der Waals surface area contributed by atoms with Gasteiger partial charge in [0.1, 0.15) is 6.04 Å². The second-order valence-corrected chi connectivity index (χ2v) is 6.57. The van der Waals surface area contributed by atoms with Crippen LogP contribution in [0.1, 0.15) is 26.5 Å². The molecule has 2 rings (SSSR count). The van der Waals surface area contributed by atoms with E-state index in [-0.39, 0.29) is 0 Å². The maximum Gasteiger partial charge on any atom is 0.326 e. The van der Waals surface area contributed by atoms with Crippen molar-refractivity contribution < 1.29 is 24.6 Å². The Balaban J connectivity index is 2.08. The Morgan fingerprint density at radius 2 is 2.10 bits per heavy atom. The van der Waals surface area contributed by atoms with Crippen molar-refractivity contribution in [3.05, 3.63) is 21.4 Å². The molecule has 0 radical (unpaired) electrons. The van der Waals surface area contributed by atoms with Crippen LogP contribution in [0.3, 0.4) is 0 Å². The van der Waals surface area contributed by atoms with Gasteiger partial charge in [-0.3, -0.25) is 9.59 Å². The number of carboxylic acid groups (broad SMARTS) is 2. The molecule has 1 atom stereocenters. The average molecular weight is 315 g/mol. The summed E-state index contributed by atoms with van der Waals surface area (Å²) in [5, 5.41) is 19.8. The Morgan fingerprint density at radius 1 is 1.35 bits per heavy atom. The summed E-state index contributed by atoms with van der Waals surface area (Å²) in [4.78, 5) is 35.1. The molecule has 8 heteroatoms. The van der Waals surface area contributed by atoms with Crippen LogP contribution in [0.2, 0.25) is 0 Å². The monoisotopic (exact) mass is 315 g/mol. The first-order valence-electron chi connectivity index (χ1n) is 5.92. The van der Waals surface area contributed by atoms with Crippen molar-refractivity contribution in [3.63, 3.8) is 0 Å². The van der Waals surface area contributed by atoms with Crippen LogP contribution in [0.5, 0.6) is 0 Å². The predicted octanol–water partition coefficient (Wildman–Crippen LogP) is 1.20. The highest BCUT2D eigenvalue weighted by Gasteiger charge is 2.25. The van der Waals surface area contributed by atoms with E-state index in [2.05, 4.69) is 5.32 Å². The van der Waals surface area contributed by atoms with Gasteiger partial charge in [0.2, 0.25) is 0 Å². The minimum atomic E-state index is -1.41. The average Bonchev–Trinajstić information content (AvgIpc) is 2.81. The van der Waals surface area contributed by atoms with Crippen molar-refractivity contribution in [3.8, 4) is 0 Å². The molecular formula is C12H13NO5S2. The minimum Gasteiger partial charge on any atom is -0.481 e. The predicted molar refractivity (Wildman–Crippen MR) is 75.3 cm³/mol. The Hall–Kier alpha value is -1.54. The number of hydrogen-bond acceptors (Lipinski definition) is 5. The zero-order chi connectivity index (χ0) is 14.7. The number of rotatable bonds is 5. The lowest BCUT2D eigenvalue weighted by atomic mass is 10.2. The molecule has 1 amide bonds. The Morgan fingerprint density at radius 3 is 2.70 bits per heavy atom. The van der Waals surface area contributed by atoms with Crippen LogP contribution in [0, 0.1) is 0 Å². The second kappa shape index (κ2) is 6.27. The van der Waals surface area contributed by atoms with Gasteiger partial charge in [0.05, 0.1) is 11.3 Å². The second-order valence-electron chi connectivity index (χ2n) is 4.32. The van der Waals surface area contributed by atoms with Crippen LogP contribution in [0.15, 0.2) is 6.07 Å². The van der Waals surface area contributed by atoms with E-state index >= 15 is 0 Å². The van der Waals surface area contributed by atoms with Crippen LogP contribution in [-0.4, -0.2) is 39.9 Å². The van der Waals surface area contributed by atoms with Gasteiger partial charge in [-0.25, -0.2) is 4.79 Å². The molecule has 0 saturated heterocycles. The van der Waals surface area contributed by atoms with Gasteiger partial charge in [-0.2, -0.15) is 11.8 Å². The maximum absolute atomic E-state index is 12.0. The van der Waals surface area contributed by atoms with E-state index in [1.807, 2.05) is 0 Å². The lowest BCUT2D eigenvalue weighted by molar-refractivity contribution is -0.145. The van der Waals surface area contributed by atoms with Crippen molar-refractivity contribution in [2.75, 3.05) is 5.75 Å². The van der Waals surface area contributed by atoms with Crippen molar-refractivity contribution in [2.24, 2.45) is 0 Å². The Kier molecular flexibility index (Phi) is 4.66. The van der Waals surface area contributed by atoms with Gasteiger partial charge in [-0.1, -0.05) is 0 Å². The van der Waals surface area contributed by atoms with Gasteiger partial charge in [0, 0.05) is 10.6 Å². The fourth-order valence-electron chi connectivity index (χ4n) is 1.86. The third-order valence-corrected chi connectivity index (χ3v) is 5.08. The molecule has 1 aromatic rings. The number of amides is 1. The summed E-state index contributed by atoms with van der Waals surface area (Å²) < 4.78 is 0. The van der Waals surface area contributed by atoms with Crippen molar-refractivity contribution >= 4 is 40.9 Å². The number of carbonyl (C=O) groups excluding carboxylic acids is 1. The van der Waals surface area contributed by atoms with Crippen LogP contribution in [0.4, 0.5) is 0 Å². The standard InChI is InChI=1S/C12H13NO5S2/c14-10(15)4-7(12(17)18)13-11(16)9-3-6-5-19-2-1-8(6)20-9/h3,7H,1-2,4-5H2,(H,13,16)(H,14,15)(H,17,18)/t7-/m0/s1. The molecule has 0 saturated carbocycles. The van der Waals surface area contributed by atoms with Gasteiger partial charge in [-0.15, -0.1) is 11.3 Å². The highest BCUT2D eigenvalue weighted by Crippen LogP contribution is 2.31. The van der Waals surface area contributed by atoms with Gasteiger partial charge in [0.25, 0.3) is 5.91 Å². The molecule has 0 fully saturated rings. The van der Waals surface area contributed by atoms with E-state index in [9.17, 15) is 14.4 Å². The first-order valence-corrected chi connectivity index (χ1v) is 7.89. The van der Waals surface area contributed by atoms with Crippen LogP contribution < -0.4 is 5.32 Å². The van der Waals surface area contributed by atoms with Crippen molar-refractivity contribution in [1.82, 2.24) is 5.32 Å². The topological polar surface area (TPSA) is 104 Å². The number of thiophene rings is 1. The molecule has 0 bridgehead atoms. The van der Waals surface area contributed by atoms with Gasteiger partial charge in [0.15, 0.2) is 0 Å². The van der Waals surface area contributed by atoms with Crippen LogP contribution >= 0.6 is 23.1 Å². The van der Waals surface area contributed by atoms with Gasteiger partial charge >= 0.3 is 11.9 Å². The molecule has 20 heavy (non-hydrogen) atoms. The molecule has 0 aromatic carbocycles. The molecule has 1 aliphatic heterocycles. The van der Waals surface area contributed by atoms with Crippen molar-refractivity contribution in [2.45, 2.75) is 24.6 Å². The molecule has 6 nitrogen and oxygen atoms in total. The van der Waals surface area contributed by atoms with Gasteiger partial charge < -0.3 is 15.5 Å². The summed E-state index contributed by atoms with van der Waals surface area (Å²) in [5.74, 6) is -1.26. The summed E-state index contributed by atoms with van der Waals surface area (Å²) in [6.07, 6.45) is 0.275. The first-order chi connectivity index (χ1) is 9.47. The zero-order valence-electron chi connectivity index (χ0n) is 10.4. The quantitative estimate of drug-likeness (QED) is 0.754. The number of carbonyl (C=O) groups is 3. The molecule has 0 spiro atoms. The Labute approximate surface area is 123 Å². The molecule has 108 valence electrons. The first kappa shape index (κ1) is 14.9. The Bertz CT molecular complexity index is 531. The van der Waals surface area contributed by atoms with Crippen molar-refractivity contribution in [1.29, 1.82) is 0 Å². The van der Waals surface area contributed by atoms with Gasteiger partial charge in [-0.05, 0) is 23.8 Å². The van der Waals surface area contributed by atoms with E-state index in [1.165, 1.54) is 11.3 Å². The lowest BCUT2D eigenvalue weighted by Gasteiger charge is -2.11. The fourth-order valence-corrected chi connectivity index (χ4v) is 4.14. The lowest BCUT2D eigenvalue weighted by Crippen LogP contribution is -2.41. The van der Waals surface area contributed by atoms with E-state index in [0.717, 1.165) is 28.4 Å². The highest BCUT2D eigenvalue weighted by atomic mass is 32.2. The molecular weight excluding hydrogens is 302 g/mol. The maximum atomic E-state index is 12.0. The number of aliphatic carboxylic acids is 2. The number of fused-ring (bicyclic) bond motifs is 1. The number of hydrogen-bond donors (Lipinski definition) is 3. The molecule has 1 aliphatic rings. The molecule has 0 aliphatic carbocycles. The molecule has 0 unspecified atom stereocenters. The summed E-state index contributed by atoms with van der Waals surface area (Å²) in [5.41, 5.74) is 1.11. The highest BCUT2D eigenvalue weighted by molar-refractivity contribution is 7.98. The van der Waals surface area contributed by atoms with Crippen LogP contribution in [-0.2, 0) is 21.8 Å². The smallest absolute Gasteiger partial charge is 0.326 e. The SMILES string of the molecule is O=C(O)C[C@H](NC(=O)c1cc2c(s1)CCSC2)C(=O)O. The number of thioether (sulfide) groups is 1. The largest absolute Gasteiger partial charge is 0.481 e. The summed E-state index contributed by atoms with van der Waals surface area (Å²) in [6.45, 7) is 0. The number of aryl methyl sites for hydroxylation is 1. The van der Waals surface area contributed by atoms with Crippen LogP contribution in [0.25, 0.3) is 0 Å². The molecule has 3 N–H and O–H groups in total. The molecule has 2 heterocycles. The minimum absolute atomic E-state index is 0.439. The molecule has 1 aromatic heterocycles. The number of nitrogens with one attached hydrogen (secondary N) is 1. The van der Waals surface area contributed by atoms with E-state index in [1.54, 1.807) is 17.8 Å². The third kappa shape index (κ3) is 3.51. The fraction of sp³-hybridized carbons (Fsp3) is 0.417. The summed E-state index contributed by atoms with van der Waals surface area (Å²) in [6, 6.07) is 0.356. The van der Waals surface area contributed by atoms with E-state index in [4.69, 9.17) is 10.2 Å². The third-order valence-electron chi connectivity index (χ3n) is 2.83. The van der Waals surface area contributed by atoms with E-state index < -0.39 is 30.3 Å². The zero-order valence-corrected chi connectivity index (χ0v) is 12.1. The summed E-state index contributed by atoms with van der Waals surface area (Å²) in [7, 11) is 0. The normalized spacial score (nSPS) is 15.2. The summed E-state index contributed by atoms with van der Waals surface area (Å²) >= 11 is 3.14. The number of carboxylic acids is 2.